The summed E-state index contributed by atoms with van der Waals surface area (Å²) < 4.78 is 62.5. The van der Waals surface area contributed by atoms with Gasteiger partial charge in [-0.2, -0.15) is 17.5 Å². The zero-order chi connectivity index (χ0) is 18.2. The monoisotopic (exact) mass is 367 g/mol. The van der Waals surface area contributed by atoms with Crippen LogP contribution in [-0.2, 0) is 16.6 Å². The van der Waals surface area contributed by atoms with E-state index in [2.05, 4.69) is 0 Å². The highest BCUT2D eigenvalue weighted by Gasteiger charge is 2.49. The van der Waals surface area contributed by atoms with Gasteiger partial charge >= 0.3 is 15.5 Å². The molecule has 0 aliphatic rings. The molecule has 0 saturated heterocycles. The van der Waals surface area contributed by atoms with Crippen LogP contribution in [0, 0.1) is 0 Å². The van der Waals surface area contributed by atoms with Crippen molar-refractivity contribution >= 4 is 10.0 Å². The summed E-state index contributed by atoms with van der Waals surface area (Å²) in [4.78, 5) is 0. The maximum atomic E-state index is 12.9. The number of halogens is 3. The highest BCUT2D eigenvalue weighted by atomic mass is 32.2. The van der Waals surface area contributed by atoms with E-state index in [1.807, 2.05) is 6.92 Å². The number of sulfonamides is 1. The van der Waals surface area contributed by atoms with Crippen molar-refractivity contribution in [3.63, 3.8) is 0 Å². The molecule has 0 unspecified atom stereocenters. The molecular formula is C16H24F3NO3S. The number of nitrogens with zero attached hydrogens (tertiary/aromatic N) is 1. The fourth-order valence-electron chi connectivity index (χ4n) is 2.28. The summed E-state index contributed by atoms with van der Waals surface area (Å²) in [7, 11) is -5.44. The van der Waals surface area contributed by atoms with Gasteiger partial charge in [0.25, 0.3) is 0 Å². The molecule has 1 aromatic carbocycles. The van der Waals surface area contributed by atoms with E-state index in [4.69, 9.17) is 0 Å². The summed E-state index contributed by atoms with van der Waals surface area (Å²) in [5.41, 5.74) is -4.89. The topological polar surface area (TPSA) is 57.6 Å². The maximum absolute atomic E-state index is 12.9. The van der Waals surface area contributed by atoms with E-state index in [1.165, 1.54) is 0 Å². The Bertz CT molecular complexity index is 576. The van der Waals surface area contributed by atoms with E-state index in [-0.39, 0.29) is 19.5 Å². The number of aliphatic hydroxyl groups is 1. The van der Waals surface area contributed by atoms with Crippen LogP contribution in [-0.4, -0.2) is 36.0 Å². The minimum atomic E-state index is -5.44. The lowest BCUT2D eigenvalue weighted by molar-refractivity contribution is -0.0494. The van der Waals surface area contributed by atoms with Crippen LogP contribution < -0.4 is 0 Å². The number of hydrogen-bond acceptors (Lipinski definition) is 3. The molecule has 1 atom stereocenters. The van der Waals surface area contributed by atoms with Gasteiger partial charge in [0.15, 0.2) is 0 Å². The molecular weight excluding hydrogens is 343 g/mol. The van der Waals surface area contributed by atoms with Crippen LogP contribution in [0.2, 0.25) is 0 Å². The Hall–Kier alpha value is -1.12. The average molecular weight is 367 g/mol. The molecule has 0 saturated carbocycles. The molecule has 1 rings (SSSR count). The Morgan fingerprint density at radius 1 is 1.12 bits per heavy atom. The summed E-state index contributed by atoms with van der Waals surface area (Å²) in [6, 6.07) is 8.09. The first-order valence-electron chi connectivity index (χ1n) is 7.97. The molecule has 8 heteroatoms. The van der Waals surface area contributed by atoms with Gasteiger partial charge in [-0.3, -0.25) is 0 Å². The summed E-state index contributed by atoms with van der Waals surface area (Å²) in [6.07, 6.45) is 2.28. The minimum Gasteiger partial charge on any atom is -0.393 e. The number of rotatable bonds is 10. The summed E-state index contributed by atoms with van der Waals surface area (Å²) in [5, 5.41) is 9.86. The van der Waals surface area contributed by atoms with Crippen molar-refractivity contribution < 1.29 is 26.7 Å². The predicted octanol–water partition coefficient (Wildman–Crippen LogP) is 3.67. The SMILES string of the molecule is CCCCC[C@H](O)CCN(Cc1ccccc1)S(=O)(=O)C(F)(F)F. The smallest absolute Gasteiger partial charge is 0.393 e. The second-order valence-electron chi connectivity index (χ2n) is 5.71. The number of aliphatic hydroxyl groups excluding tert-OH is 1. The normalized spacial score (nSPS) is 14.1. The van der Waals surface area contributed by atoms with Gasteiger partial charge < -0.3 is 5.11 Å². The molecule has 0 aromatic heterocycles. The first-order chi connectivity index (χ1) is 11.2. The number of alkyl halides is 3. The molecule has 0 spiro atoms. The van der Waals surface area contributed by atoms with Gasteiger partial charge in [0.1, 0.15) is 0 Å². The van der Waals surface area contributed by atoms with E-state index in [0.29, 0.717) is 16.3 Å². The average Bonchev–Trinajstić information content (AvgIpc) is 2.51. The molecule has 0 radical (unpaired) electrons. The Balaban J connectivity index is 2.79. The van der Waals surface area contributed by atoms with E-state index >= 15 is 0 Å². The fourth-order valence-corrected chi connectivity index (χ4v) is 3.24. The second kappa shape index (κ2) is 9.39. The van der Waals surface area contributed by atoms with Crippen molar-refractivity contribution in [1.29, 1.82) is 0 Å². The van der Waals surface area contributed by atoms with Crippen LogP contribution in [0.1, 0.15) is 44.6 Å². The van der Waals surface area contributed by atoms with Crippen molar-refractivity contribution in [3.05, 3.63) is 35.9 Å². The zero-order valence-corrected chi connectivity index (χ0v) is 14.5. The van der Waals surface area contributed by atoms with Crippen molar-refractivity contribution in [2.45, 2.75) is 57.2 Å². The number of unbranched alkanes of at least 4 members (excludes halogenated alkanes) is 2. The van der Waals surface area contributed by atoms with Gasteiger partial charge in [-0.15, -0.1) is 0 Å². The third-order valence-electron chi connectivity index (χ3n) is 3.69. The van der Waals surface area contributed by atoms with Gasteiger partial charge in [-0.1, -0.05) is 56.5 Å². The third kappa shape index (κ3) is 6.41. The lowest BCUT2D eigenvalue weighted by Gasteiger charge is -2.24. The Morgan fingerprint density at radius 3 is 2.29 bits per heavy atom. The Morgan fingerprint density at radius 2 is 1.75 bits per heavy atom. The van der Waals surface area contributed by atoms with Gasteiger partial charge in [0.05, 0.1) is 6.10 Å². The summed E-state index contributed by atoms with van der Waals surface area (Å²) in [6.45, 7) is 1.26. The highest BCUT2D eigenvalue weighted by molar-refractivity contribution is 7.89. The summed E-state index contributed by atoms with van der Waals surface area (Å²) >= 11 is 0. The molecule has 1 aromatic rings. The van der Waals surface area contributed by atoms with Gasteiger partial charge in [-0.25, -0.2) is 8.42 Å². The van der Waals surface area contributed by atoms with Gasteiger partial charge in [0.2, 0.25) is 0 Å². The molecule has 4 nitrogen and oxygen atoms in total. The molecule has 0 amide bonds. The van der Waals surface area contributed by atoms with Crippen molar-refractivity contribution in [2.75, 3.05) is 6.54 Å². The zero-order valence-electron chi connectivity index (χ0n) is 13.7. The fraction of sp³-hybridized carbons (Fsp3) is 0.625. The Kier molecular flexibility index (Phi) is 8.18. The molecule has 0 fully saturated rings. The van der Waals surface area contributed by atoms with Crippen LogP contribution in [0.4, 0.5) is 13.2 Å². The van der Waals surface area contributed by atoms with Crippen molar-refractivity contribution in [3.8, 4) is 0 Å². The van der Waals surface area contributed by atoms with Crippen LogP contribution in [0.5, 0.6) is 0 Å². The standard InChI is InChI=1S/C16H24F3NO3S/c1-2-3-5-10-15(21)11-12-20(24(22,23)16(17,18)19)13-14-8-6-4-7-9-14/h4,6-9,15,21H,2-3,5,10-13H2,1H3/t15-/m0/s1. The van der Waals surface area contributed by atoms with E-state index < -0.39 is 21.6 Å². The third-order valence-corrected chi connectivity index (χ3v) is 5.26. The minimum absolute atomic E-state index is 0.0220. The first kappa shape index (κ1) is 20.9. The van der Waals surface area contributed by atoms with E-state index in [0.717, 1.165) is 19.3 Å². The number of hydrogen-bond donors (Lipinski definition) is 1. The lowest BCUT2D eigenvalue weighted by Crippen LogP contribution is -2.41. The maximum Gasteiger partial charge on any atom is 0.511 e. The molecule has 0 aliphatic carbocycles. The van der Waals surface area contributed by atoms with E-state index in [1.54, 1.807) is 30.3 Å². The van der Waals surface area contributed by atoms with Crippen molar-refractivity contribution in [1.82, 2.24) is 4.31 Å². The number of benzene rings is 1. The molecule has 1 N–H and O–H groups in total. The van der Waals surface area contributed by atoms with Gasteiger partial charge in [0, 0.05) is 13.1 Å². The molecule has 0 aliphatic heterocycles. The largest absolute Gasteiger partial charge is 0.511 e. The molecule has 138 valence electrons. The molecule has 0 heterocycles. The molecule has 0 bridgehead atoms. The quantitative estimate of drug-likeness (QED) is 0.642. The predicted molar refractivity (Wildman–Crippen MR) is 86.6 cm³/mol. The van der Waals surface area contributed by atoms with Crippen LogP contribution in [0.25, 0.3) is 0 Å². The van der Waals surface area contributed by atoms with Crippen LogP contribution in [0.15, 0.2) is 30.3 Å². The summed E-state index contributed by atoms with van der Waals surface area (Å²) in [5.74, 6) is 0. The first-order valence-corrected chi connectivity index (χ1v) is 9.41. The second-order valence-corrected chi connectivity index (χ2v) is 7.64. The lowest BCUT2D eigenvalue weighted by atomic mass is 10.1. The van der Waals surface area contributed by atoms with Gasteiger partial charge in [-0.05, 0) is 18.4 Å². The van der Waals surface area contributed by atoms with Crippen LogP contribution in [0.3, 0.4) is 0 Å². The Labute approximate surface area is 141 Å². The van der Waals surface area contributed by atoms with Crippen LogP contribution >= 0.6 is 0 Å². The molecule has 24 heavy (non-hydrogen) atoms. The van der Waals surface area contributed by atoms with Crippen molar-refractivity contribution in [2.24, 2.45) is 0 Å². The highest BCUT2D eigenvalue weighted by Crippen LogP contribution is 2.28. The van der Waals surface area contributed by atoms with E-state index in [9.17, 15) is 26.7 Å².